The first-order valence-electron chi connectivity index (χ1n) is 3.97. The third-order valence-electron chi connectivity index (χ3n) is 2.98. The smallest absolute Gasteiger partial charge is 0.142 e. The van der Waals surface area contributed by atoms with Crippen LogP contribution < -0.4 is 0 Å². The van der Waals surface area contributed by atoms with E-state index >= 15 is 0 Å². The van der Waals surface area contributed by atoms with Gasteiger partial charge < -0.3 is 4.48 Å². The number of quaternary nitrogens is 1. The van der Waals surface area contributed by atoms with E-state index in [1.807, 2.05) is 0 Å². The van der Waals surface area contributed by atoms with Crippen LogP contribution in [0.5, 0.6) is 0 Å². The highest BCUT2D eigenvalue weighted by molar-refractivity contribution is 4.76. The van der Waals surface area contributed by atoms with Gasteiger partial charge in [-0.05, 0) is 18.8 Å². The lowest BCUT2D eigenvalue weighted by atomic mass is 9.86. The number of hydrogen-bond donors (Lipinski definition) is 0. The molecule has 0 amide bonds. The van der Waals surface area contributed by atoms with Gasteiger partial charge in [0.05, 0.1) is 20.1 Å². The molecular formula is C8H15N+. The predicted octanol–water partition coefficient (Wildman–Crippen LogP) is 1.41. The summed E-state index contributed by atoms with van der Waals surface area (Å²) < 4.78 is 1.26. The standard InChI is InChI=1S/C8H15N/c1-9-5-2-8(3-6-9)4-7-9/h5,8H,2-4,6-7H2,1H3/q+1. The van der Waals surface area contributed by atoms with Gasteiger partial charge in [-0.15, -0.1) is 0 Å². The Labute approximate surface area is 57.3 Å². The van der Waals surface area contributed by atoms with Crippen LogP contribution in [-0.2, 0) is 0 Å². The van der Waals surface area contributed by atoms with Gasteiger partial charge in [-0.25, -0.2) is 0 Å². The maximum Gasteiger partial charge on any atom is 0.142 e. The number of hydrogen-bond acceptors (Lipinski definition) is 0. The molecule has 3 fully saturated rings. The van der Waals surface area contributed by atoms with E-state index in [1.165, 1.54) is 36.8 Å². The van der Waals surface area contributed by atoms with E-state index < -0.39 is 0 Å². The molecule has 2 bridgehead atoms. The molecule has 0 saturated carbocycles. The Balaban J connectivity index is 2.11. The second-order valence-corrected chi connectivity index (χ2v) is 3.79. The van der Waals surface area contributed by atoms with Crippen molar-refractivity contribution in [2.75, 3.05) is 20.1 Å². The lowest BCUT2D eigenvalue weighted by Gasteiger charge is -2.45. The summed E-state index contributed by atoms with van der Waals surface area (Å²) in [6.45, 7) is 5.31. The van der Waals surface area contributed by atoms with E-state index in [0.29, 0.717) is 0 Å². The van der Waals surface area contributed by atoms with Crippen molar-refractivity contribution in [3.8, 4) is 0 Å². The highest BCUT2D eigenvalue weighted by atomic mass is 15.3. The largest absolute Gasteiger partial charge is 0.319 e. The molecule has 0 aromatic rings. The van der Waals surface area contributed by atoms with E-state index in [9.17, 15) is 0 Å². The van der Waals surface area contributed by atoms with Crippen LogP contribution in [0, 0.1) is 12.5 Å². The first kappa shape index (κ1) is 5.72. The lowest BCUT2D eigenvalue weighted by Crippen LogP contribution is -2.52. The maximum absolute atomic E-state index is 2.50. The Kier molecular flexibility index (Phi) is 1.10. The monoisotopic (exact) mass is 125 g/mol. The lowest BCUT2D eigenvalue weighted by molar-refractivity contribution is -0.896. The molecule has 3 saturated heterocycles. The Hall–Kier alpha value is -0.0400. The van der Waals surface area contributed by atoms with Gasteiger partial charge in [0.1, 0.15) is 6.54 Å². The predicted molar refractivity (Wildman–Crippen MR) is 37.6 cm³/mol. The van der Waals surface area contributed by atoms with Gasteiger partial charge in [0, 0.05) is 6.42 Å². The van der Waals surface area contributed by atoms with Crippen LogP contribution in [0.2, 0.25) is 0 Å². The Morgan fingerprint density at radius 2 is 2.00 bits per heavy atom. The quantitative estimate of drug-likeness (QED) is 0.429. The summed E-state index contributed by atoms with van der Waals surface area (Å²) >= 11 is 0. The molecule has 9 heavy (non-hydrogen) atoms. The molecule has 0 aliphatic carbocycles. The van der Waals surface area contributed by atoms with Gasteiger partial charge in [-0.3, -0.25) is 0 Å². The summed E-state index contributed by atoms with van der Waals surface area (Å²) in [6, 6.07) is 0. The fraction of sp³-hybridized carbons (Fsp3) is 0.875. The number of fused-ring (bicyclic) bond motifs is 3. The first-order chi connectivity index (χ1) is 4.29. The van der Waals surface area contributed by atoms with Gasteiger partial charge in [0.2, 0.25) is 0 Å². The van der Waals surface area contributed by atoms with Crippen molar-refractivity contribution in [2.45, 2.75) is 19.3 Å². The van der Waals surface area contributed by atoms with E-state index in [2.05, 4.69) is 13.6 Å². The highest BCUT2D eigenvalue weighted by Gasteiger charge is 2.36. The molecule has 1 heteroatoms. The minimum absolute atomic E-state index is 1.06. The van der Waals surface area contributed by atoms with E-state index in [0.717, 1.165) is 5.92 Å². The molecule has 0 aromatic heterocycles. The van der Waals surface area contributed by atoms with Gasteiger partial charge in [-0.1, -0.05) is 0 Å². The van der Waals surface area contributed by atoms with Crippen molar-refractivity contribution >= 4 is 0 Å². The molecule has 0 unspecified atom stereocenters. The topological polar surface area (TPSA) is 0 Å². The van der Waals surface area contributed by atoms with E-state index in [4.69, 9.17) is 0 Å². The zero-order chi connectivity index (χ0) is 6.32. The van der Waals surface area contributed by atoms with Crippen molar-refractivity contribution < 1.29 is 4.48 Å². The second-order valence-electron chi connectivity index (χ2n) is 3.79. The Morgan fingerprint density at radius 1 is 1.33 bits per heavy atom. The third-order valence-corrected chi connectivity index (χ3v) is 2.98. The van der Waals surface area contributed by atoms with Crippen LogP contribution in [0.25, 0.3) is 0 Å². The van der Waals surface area contributed by atoms with Crippen LogP contribution in [0.1, 0.15) is 19.3 Å². The van der Waals surface area contributed by atoms with Crippen molar-refractivity contribution in [3.05, 3.63) is 6.54 Å². The van der Waals surface area contributed by atoms with Crippen LogP contribution >= 0.6 is 0 Å². The molecule has 3 heterocycles. The third kappa shape index (κ3) is 0.877. The SMILES string of the molecule is C[N+]12[CH]CC(CC1)CC2. The zero-order valence-electron chi connectivity index (χ0n) is 6.14. The van der Waals surface area contributed by atoms with E-state index in [1.54, 1.807) is 0 Å². The van der Waals surface area contributed by atoms with Gasteiger partial charge in [0.25, 0.3) is 0 Å². The molecule has 0 spiro atoms. The zero-order valence-corrected chi connectivity index (χ0v) is 6.14. The summed E-state index contributed by atoms with van der Waals surface area (Å²) in [6.07, 6.45) is 4.34. The second kappa shape index (κ2) is 1.72. The summed E-state index contributed by atoms with van der Waals surface area (Å²) in [5.74, 6) is 1.06. The van der Waals surface area contributed by atoms with Crippen molar-refractivity contribution in [3.63, 3.8) is 0 Å². The molecule has 3 rings (SSSR count). The molecule has 0 N–H and O–H groups in total. The molecular weight excluding hydrogens is 110 g/mol. The molecule has 0 aromatic carbocycles. The van der Waals surface area contributed by atoms with Crippen LogP contribution in [0.3, 0.4) is 0 Å². The van der Waals surface area contributed by atoms with Gasteiger partial charge in [-0.2, -0.15) is 0 Å². The van der Waals surface area contributed by atoms with Crippen LogP contribution in [0.4, 0.5) is 0 Å². The molecule has 51 valence electrons. The summed E-state index contributed by atoms with van der Waals surface area (Å²) in [5, 5.41) is 0. The fourth-order valence-electron chi connectivity index (χ4n) is 2.03. The van der Waals surface area contributed by atoms with Crippen LogP contribution in [0.15, 0.2) is 0 Å². The van der Waals surface area contributed by atoms with Crippen molar-refractivity contribution in [1.82, 2.24) is 0 Å². The first-order valence-corrected chi connectivity index (χ1v) is 3.97. The molecule has 3 aliphatic rings. The summed E-state index contributed by atoms with van der Waals surface area (Å²) in [7, 11) is 2.36. The molecule has 3 aliphatic heterocycles. The van der Waals surface area contributed by atoms with Gasteiger partial charge >= 0.3 is 0 Å². The number of piperidine rings is 3. The Bertz CT molecular complexity index is 98.0. The van der Waals surface area contributed by atoms with Crippen LogP contribution in [-0.4, -0.2) is 24.6 Å². The summed E-state index contributed by atoms with van der Waals surface area (Å²) in [5.41, 5.74) is 0. The minimum Gasteiger partial charge on any atom is -0.319 e. The fourth-order valence-corrected chi connectivity index (χ4v) is 2.03. The molecule has 1 radical (unpaired) electrons. The number of nitrogens with zero attached hydrogens (tertiary/aromatic N) is 1. The average Bonchev–Trinajstić information content (AvgIpc) is 1.90. The van der Waals surface area contributed by atoms with E-state index in [-0.39, 0.29) is 0 Å². The molecule has 0 atom stereocenters. The normalized spacial score (nSPS) is 49.7. The van der Waals surface area contributed by atoms with Crippen molar-refractivity contribution in [1.29, 1.82) is 0 Å². The average molecular weight is 125 g/mol. The number of rotatable bonds is 0. The maximum atomic E-state index is 2.50. The highest BCUT2D eigenvalue weighted by Crippen LogP contribution is 2.34. The Morgan fingerprint density at radius 3 is 2.22 bits per heavy atom. The molecule has 1 nitrogen and oxygen atoms in total. The van der Waals surface area contributed by atoms with Crippen molar-refractivity contribution in [2.24, 2.45) is 5.92 Å². The summed E-state index contributed by atoms with van der Waals surface area (Å²) in [4.78, 5) is 0. The minimum atomic E-state index is 1.06. The van der Waals surface area contributed by atoms with Gasteiger partial charge in [0.15, 0.2) is 0 Å².